The van der Waals surface area contributed by atoms with Crippen LogP contribution in [0.4, 0.5) is 4.39 Å². The number of hydrogen-bond acceptors (Lipinski definition) is 3. The van der Waals surface area contributed by atoms with Crippen molar-refractivity contribution >= 4 is 5.91 Å². The van der Waals surface area contributed by atoms with Crippen LogP contribution < -0.4 is 10.5 Å². The summed E-state index contributed by atoms with van der Waals surface area (Å²) in [6, 6.07) is 4.65. The second-order valence-electron chi connectivity index (χ2n) is 5.29. The zero-order chi connectivity index (χ0) is 14.5. The Bertz CT molecular complexity index is 471. The highest BCUT2D eigenvalue weighted by atomic mass is 19.1. The average Bonchev–Trinajstić information content (AvgIpc) is 2.91. The smallest absolute Gasteiger partial charge is 0.260 e. The van der Waals surface area contributed by atoms with Crippen molar-refractivity contribution in [3.63, 3.8) is 0 Å². The van der Waals surface area contributed by atoms with E-state index in [1.165, 1.54) is 6.07 Å². The van der Waals surface area contributed by atoms with Gasteiger partial charge in [-0.15, -0.1) is 0 Å². The summed E-state index contributed by atoms with van der Waals surface area (Å²) in [6.07, 6.45) is 2.58. The van der Waals surface area contributed by atoms with Gasteiger partial charge in [0.2, 0.25) is 0 Å². The number of amides is 1. The molecule has 1 aliphatic heterocycles. The molecule has 1 heterocycles. The molecule has 0 aromatic heterocycles. The van der Waals surface area contributed by atoms with Gasteiger partial charge in [0.25, 0.3) is 5.91 Å². The first-order chi connectivity index (χ1) is 9.58. The number of nitrogens with two attached hydrogens (primary N) is 1. The van der Waals surface area contributed by atoms with Gasteiger partial charge in [0.05, 0.1) is 0 Å². The molecule has 4 nitrogen and oxygen atoms in total. The van der Waals surface area contributed by atoms with E-state index in [-0.39, 0.29) is 24.3 Å². The third kappa shape index (κ3) is 3.70. The summed E-state index contributed by atoms with van der Waals surface area (Å²) in [6.45, 7) is 3.27. The monoisotopic (exact) mass is 280 g/mol. The lowest BCUT2D eigenvalue weighted by Gasteiger charge is -2.17. The number of likely N-dealkylation sites (tertiary alicyclic amines) is 1. The molecule has 1 saturated heterocycles. The molecule has 1 unspecified atom stereocenters. The second kappa shape index (κ2) is 6.70. The van der Waals surface area contributed by atoms with E-state index in [0.29, 0.717) is 12.0 Å². The molecule has 1 fully saturated rings. The van der Waals surface area contributed by atoms with Crippen molar-refractivity contribution < 1.29 is 13.9 Å². The third-order valence-electron chi connectivity index (χ3n) is 3.39. The summed E-state index contributed by atoms with van der Waals surface area (Å²) in [5.74, 6) is -0.382. The summed E-state index contributed by atoms with van der Waals surface area (Å²) in [5, 5.41) is 0. The molecule has 1 amide bonds. The topological polar surface area (TPSA) is 55.6 Å². The fourth-order valence-electron chi connectivity index (χ4n) is 2.41. The van der Waals surface area contributed by atoms with Gasteiger partial charge < -0.3 is 15.4 Å². The van der Waals surface area contributed by atoms with E-state index in [1.807, 2.05) is 6.92 Å². The molecular formula is C15H21FN2O2. The van der Waals surface area contributed by atoms with Gasteiger partial charge in [0.15, 0.2) is 18.2 Å². The fraction of sp³-hybridized carbons (Fsp3) is 0.533. The van der Waals surface area contributed by atoms with Crippen LogP contribution in [0.25, 0.3) is 0 Å². The number of para-hydroxylation sites is 1. The van der Waals surface area contributed by atoms with Crippen molar-refractivity contribution in [1.29, 1.82) is 0 Å². The largest absolute Gasteiger partial charge is 0.480 e. The predicted octanol–water partition coefficient (Wildman–Crippen LogP) is 1.72. The van der Waals surface area contributed by atoms with Crippen molar-refractivity contribution in [1.82, 2.24) is 4.90 Å². The molecule has 0 radical (unpaired) electrons. The highest BCUT2D eigenvalue weighted by Crippen LogP contribution is 2.24. The SMILES string of the molecule is CC(N)Cc1cccc(F)c1OCC(=O)N1CCCC1. The van der Waals surface area contributed by atoms with Crippen LogP contribution >= 0.6 is 0 Å². The summed E-state index contributed by atoms with van der Waals surface area (Å²) < 4.78 is 19.3. The Morgan fingerprint density at radius 3 is 2.80 bits per heavy atom. The first-order valence-electron chi connectivity index (χ1n) is 7.01. The first kappa shape index (κ1) is 14.8. The van der Waals surface area contributed by atoms with Gasteiger partial charge in [-0.1, -0.05) is 12.1 Å². The average molecular weight is 280 g/mol. The molecule has 5 heteroatoms. The summed E-state index contributed by atoms with van der Waals surface area (Å²) >= 11 is 0. The molecule has 0 spiro atoms. The standard InChI is InChI=1S/C15H21FN2O2/c1-11(17)9-12-5-4-6-13(16)15(12)20-10-14(19)18-7-2-3-8-18/h4-6,11H,2-3,7-10,17H2,1H3. The maximum Gasteiger partial charge on any atom is 0.260 e. The van der Waals surface area contributed by atoms with Gasteiger partial charge in [-0.3, -0.25) is 4.79 Å². The molecular weight excluding hydrogens is 259 g/mol. The van der Waals surface area contributed by atoms with Crippen LogP contribution in [0.3, 0.4) is 0 Å². The number of ether oxygens (including phenoxy) is 1. The van der Waals surface area contributed by atoms with Gasteiger partial charge in [-0.05, 0) is 37.8 Å². The van der Waals surface area contributed by atoms with Crippen LogP contribution in [0, 0.1) is 5.82 Å². The van der Waals surface area contributed by atoms with E-state index in [1.54, 1.807) is 17.0 Å². The summed E-state index contributed by atoms with van der Waals surface area (Å²) in [4.78, 5) is 13.7. The van der Waals surface area contributed by atoms with Crippen LogP contribution in [0.15, 0.2) is 18.2 Å². The van der Waals surface area contributed by atoms with Crippen LogP contribution in [0.5, 0.6) is 5.75 Å². The zero-order valence-corrected chi connectivity index (χ0v) is 11.8. The van der Waals surface area contributed by atoms with Crippen molar-refractivity contribution in [2.45, 2.75) is 32.2 Å². The van der Waals surface area contributed by atoms with Crippen molar-refractivity contribution in [3.8, 4) is 5.75 Å². The molecule has 1 aromatic rings. The van der Waals surface area contributed by atoms with E-state index in [0.717, 1.165) is 25.9 Å². The van der Waals surface area contributed by atoms with E-state index >= 15 is 0 Å². The number of halogens is 1. The first-order valence-corrected chi connectivity index (χ1v) is 7.01. The third-order valence-corrected chi connectivity index (χ3v) is 3.39. The molecule has 2 rings (SSSR count). The molecule has 1 aromatic carbocycles. The number of carbonyl (C=O) groups excluding carboxylic acids is 1. The maximum atomic E-state index is 13.8. The Balaban J connectivity index is 2.02. The van der Waals surface area contributed by atoms with Gasteiger partial charge in [-0.25, -0.2) is 4.39 Å². The van der Waals surface area contributed by atoms with E-state index in [4.69, 9.17) is 10.5 Å². The van der Waals surface area contributed by atoms with Gasteiger partial charge in [0, 0.05) is 19.1 Å². The number of carbonyl (C=O) groups is 1. The maximum absolute atomic E-state index is 13.8. The molecule has 0 bridgehead atoms. The van der Waals surface area contributed by atoms with E-state index < -0.39 is 5.82 Å². The fourth-order valence-corrected chi connectivity index (χ4v) is 2.41. The summed E-state index contributed by atoms with van der Waals surface area (Å²) in [7, 11) is 0. The lowest BCUT2D eigenvalue weighted by molar-refractivity contribution is -0.132. The highest BCUT2D eigenvalue weighted by Gasteiger charge is 2.19. The molecule has 0 aliphatic carbocycles. The molecule has 110 valence electrons. The van der Waals surface area contributed by atoms with E-state index in [9.17, 15) is 9.18 Å². The van der Waals surface area contributed by atoms with Crippen molar-refractivity contribution in [2.75, 3.05) is 19.7 Å². The Labute approximate surface area is 118 Å². The minimum atomic E-state index is -0.447. The number of benzene rings is 1. The highest BCUT2D eigenvalue weighted by molar-refractivity contribution is 5.78. The Morgan fingerprint density at radius 2 is 2.15 bits per heavy atom. The molecule has 0 saturated carbocycles. The lowest BCUT2D eigenvalue weighted by Crippen LogP contribution is -2.32. The Hall–Kier alpha value is -1.62. The Morgan fingerprint density at radius 1 is 1.45 bits per heavy atom. The number of rotatable bonds is 5. The molecule has 2 N–H and O–H groups in total. The zero-order valence-electron chi connectivity index (χ0n) is 11.8. The van der Waals surface area contributed by atoms with Gasteiger partial charge in [0.1, 0.15) is 0 Å². The van der Waals surface area contributed by atoms with Crippen LogP contribution in [0.1, 0.15) is 25.3 Å². The number of nitrogens with zero attached hydrogens (tertiary/aromatic N) is 1. The van der Waals surface area contributed by atoms with E-state index in [2.05, 4.69) is 0 Å². The van der Waals surface area contributed by atoms with Crippen LogP contribution in [-0.2, 0) is 11.2 Å². The quantitative estimate of drug-likeness (QED) is 0.893. The molecule has 20 heavy (non-hydrogen) atoms. The van der Waals surface area contributed by atoms with Crippen LogP contribution in [0.2, 0.25) is 0 Å². The van der Waals surface area contributed by atoms with Crippen molar-refractivity contribution in [2.24, 2.45) is 5.73 Å². The van der Waals surface area contributed by atoms with Crippen LogP contribution in [-0.4, -0.2) is 36.5 Å². The lowest BCUT2D eigenvalue weighted by atomic mass is 10.1. The number of hydrogen-bond donors (Lipinski definition) is 1. The second-order valence-corrected chi connectivity index (χ2v) is 5.29. The molecule has 1 atom stereocenters. The minimum Gasteiger partial charge on any atom is -0.480 e. The normalized spacial score (nSPS) is 16.2. The Kier molecular flexibility index (Phi) is 4.95. The van der Waals surface area contributed by atoms with Gasteiger partial charge in [-0.2, -0.15) is 0 Å². The minimum absolute atomic E-state index is 0.0856. The van der Waals surface area contributed by atoms with Crippen molar-refractivity contribution in [3.05, 3.63) is 29.6 Å². The van der Waals surface area contributed by atoms with Gasteiger partial charge >= 0.3 is 0 Å². The predicted molar refractivity (Wildman–Crippen MR) is 75.1 cm³/mol. The molecule has 1 aliphatic rings. The summed E-state index contributed by atoms with van der Waals surface area (Å²) in [5.41, 5.74) is 6.45.